The third-order valence-corrected chi connectivity index (χ3v) is 3.88. The summed E-state index contributed by atoms with van der Waals surface area (Å²) in [6.07, 6.45) is 1.06. The molecule has 0 aliphatic carbocycles. The van der Waals surface area contributed by atoms with Gasteiger partial charge in [0.05, 0.1) is 13.2 Å². The fraction of sp³-hybridized carbons (Fsp3) is 0.889. The Morgan fingerprint density at radius 2 is 1.04 bits per heavy atom. The monoisotopic (exact) mass is 406 g/mol. The van der Waals surface area contributed by atoms with Crippen LogP contribution in [0.25, 0.3) is 0 Å². The zero-order chi connectivity index (χ0) is 21.0. The molecule has 166 valence electrons. The molecular weight excluding hydrogens is 368 g/mol. The maximum atomic E-state index is 11.7. The summed E-state index contributed by atoms with van der Waals surface area (Å²) in [7, 11) is 0. The average Bonchev–Trinajstić information content (AvgIpc) is 2.70. The SMILES string of the molecule is NCCCCNCCCOC(=O)C(O)C(O)C(=O)OCCCNCCCCN. The first-order chi connectivity index (χ1) is 13.5. The van der Waals surface area contributed by atoms with Gasteiger partial charge in [-0.25, -0.2) is 9.59 Å². The molecule has 2 atom stereocenters. The van der Waals surface area contributed by atoms with Crippen molar-refractivity contribution in [1.29, 1.82) is 0 Å². The van der Waals surface area contributed by atoms with Gasteiger partial charge in [0.15, 0.2) is 12.2 Å². The Labute approximate surface area is 167 Å². The molecule has 10 heteroatoms. The van der Waals surface area contributed by atoms with Crippen LogP contribution >= 0.6 is 0 Å². The molecule has 0 saturated carbocycles. The second kappa shape index (κ2) is 19.0. The molecule has 10 nitrogen and oxygen atoms in total. The number of ether oxygens (including phenoxy) is 2. The van der Waals surface area contributed by atoms with Gasteiger partial charge in [-0.05, 0) is 77.8 Å². The molecule has 0 heterocycles. The molecule has 0 aliphatic heterocycles. The first-order valence-corrected chi connectivity index (χ1v) is 10.1. The molecule has 0 aromatic carbocycles. The molecule has 0 aliphatic rings. The highest BCUT2D eigenvalue weighted by atomic mass is 16.6. The summed E-state index contributed by atoms with van der Waals surface area (Å²) in [6, 6.07) is 0. The Hall–Kier alpha value is -1.30. The number of aliphatic hydroxyl groups is 2. The van der Waals surface area contributed by atoms with Gasteiger partial charge < -0.3 is 41.8 Å². The van der Waals surface area contributed by atoms with E-state index in [1.165, 1.54) is 0 Å². The Balaban J connectivity index is 3.73. The van der Waals surface area contributed by atoms with Crippen LogP contribution in [-0.2, 0) is 19.1 Å². The van der Waals surface area contributed by atoms with Crippen molar-refractivity contribution in [2.24, 2.45) is 11.5 Å². The number of carbonyl (C=O) groups is 2. The molecular formula is C18H38N4O6. The van der Waals surface area contributed by atoms with Gasteiger partial charge in [0.25, 0.3) is 0 Å². The van der Waals surface area contributed by atoms with Crippen molar-refractivity contribution < 1.29 is 29.3 Å². The molecule has 2 unspecified atom stereocenters. The molecule has 0 rings (SSSR count). The van der Waals surface area contributed by atoms with E-state index < -0.39 is 24.1 Å². The van der Waals surface area contributed by atoms with E-state index in [4.69, 9.17) is 20.9 Å². The number of nitrogens with one attached hydrogen (secondary N) is 2. The molecule has 0 fully saturated rings. The van der Waals surface area contributed by atoms with Crippen molar-refractivity contribution in [2.75, 3.05) is 52.5 Å². The topological polar surface area (TPSA) is 169 Å². The molecule has 0 saturated heterocycles. The van der Waals surface area contributed by atoms with Crippen LogP contribution in [0.4, 0.5) is 0 Å². The predicted octanol–water partition coefficient (Wildman–Crippen LogP) is -1.77. The Morgan fingerprint density at radius 3 is 1.39 bits per heavy atom. The number of esters is 2. The molecule has 0 bridgehead atoms. The molecule has 0 aromatic rings. The summed E-state index contributed by atoms with van der Waals surface area (Å²) >= 11 is 0. The lowest BCUT2D eigenvalue weighted by Gasteiger charge is -2.16. The van der Waals surface area contributed by atoms with E-state index in [9.17, 15) is 19.8 Å². The lowest BCUT2D eigenvalue weighted by atomic mass is 10.2. The quantitative estimate of drug-likeness (QED) is 0.107. The van der Waals surface area contributed by atoms with Crippen LogP contribution in [-0.4, -0.2) is 86.8 Å². The van der Waals surface area contributed by atoms with Crippen LogP contribution in [0.15, 0.2) is 0 Å². The maximum Gasteiger partial charge on any atom is 0.338 e. The van der Waals surface area contributed by atoms with Gasteiger partial charge in [0.1, 0.15) is 0 Å². The van der Waals surface area contributed by atoms with Crippen LogP contribution in [0.5, 0.6) is 0 Å². The first kappa shape index (κ1) is 26.7. The summed E-state index contributed by atoms with van der Waals surface area (Å²) in [5.41, 5.74) is 10.8. The number of hydrogen-bond acceptors (Lipinski definition) is 10. The minimum Gasteiger partial charge on any atom is -0.464 e. The van der Waals surface area contributed by atoms with Crippen LogP contribution in [0, 0.1) is 0 Å². The van der Waals surface area contributed by atoms with Gasteiger partial charge in [0.2, 0.25) is 0 Å². The van der Waals surface area contributed by atoms with Crippen LogP contribution in [0.3, 0.4) is 0 Å². The third kappa shape index (κ3) is 14.7. The summed E-state index contributed by atoms with van der Waals surface area (Å²) in [5.74, 6) is -2.09. The normalized spacial score (nSPS) is 13.1. The fourth-order valence-corrected chi connectivity index (χ4v) is 2.21. The van der Waals surface area contributed by atoms with Gasteiger partial charge in [0, 0.05) is 0 Å². The Kier molecular flexibility index (Phi) is 18.2. The van der Waals surface area contributed by atoms with Crippen LogP contribution in [0.2, 0.25) is 0 Å². The molecule has 0 spiro atoms. The predicted molar refractivity (Wildman–Crippen MR) is 105 cm³/mol. The number of rotatable bonds is 19. The van der Waals surface area contributed by atoms with E-state index >= 15 is 0 Å². The number of nitrogens with two attached hydrogens (primary N) is 2. The highest BCUT2D eigenvalue weighted by Crippen LogP contribution is 2.01. The van der Waals surface area contributed by atoms with Crippen molar-refractivity contribution >= 4 is 11.9 Å². The van der Waals surface area contributed by atoms with Crippen LogP contribution in [0.1, 0.15) is 38.5 Å². The minimum atomic E-state index is -1.96. The third-order valence-electron chi connectivity index (χ3n) is 3.88. The van der Waals surface area contributed by atoms with Crippen LogP contribution < -0.4 is 22.1 Å². The van der Waals surface area contributed by atoms with E-state index in [1.54, 1.807) is 0 Å². The number of unbranched alkanes of at least 4 members (excludes halogenated alkanes) is 2. The van der Waals surface area contributed by atoms with Crippen molar-refractivity contribution in [3.05, 3.63) is 0 Å². The summed E-state index contributed by atoms with van der Waals surface area (Å²) < 4.78 is 9.71. The second-order valence-electron chi connectivity index (χ2n) is 6.42. The van der Waals surface area contributed by atoms with Gasteiger partial charge in [-0.15, -0.1) is 0 Å². The zero-order valence-corrected chi connectivity index (χ0v) is 16.7. The van der Waals surface area contributed by atoms with Gasteiger partial charge in [-0.2, -0.15) is 0 Å². The lowest BCUT2D eigenvalue weighted by Crippen LogP contribution is -2.42. The number of hydrogen-bond donors (Lipinski definition) is 6. The molecule has 0 amide bonds. The molecule has 28 heavy (non-hydrogen) atoms. The standard InChI is InChI=1S/C18H38N4O6/c19-7-1-3-9-21-11-5-13-27-17(25)15(23)16(24)18(26)28-14-6-12-22-10-4-2-8-20/h15-16,21-24H,1-14,19-20H2. The first-order valence-electron chi connectivity index (χ1n) is 10.1. The Bertz CT molecular complexity index is 364. The summed E-state index contributed by atoms with van der Waals surface area (Å²) in [4.78, 5) is 23.3. The second-order valence-corrected chi connectivity index (χ2v) is 6.42. The number of aliphatic hydroxyl groups excluding tert-OH is 2. The Morgan fingerprint density at radius 1 is 0.679 bits per heavy atom. The summed E-state index contributed by atoms with van der Waals surface area (Å²) in [6.45, 7) is 4.46. The molecule has 8 N–H and O–H groups in total. The van der Waals surface area contributed by atoms with Gasteiger partial charge in [-0.3, -0.25) is 0 Å². The largest absolute Gasteiger partial charge is 0.464 e. The van der Waals surface area contributed by atoms with Gasteiger partial charge >= 0.3 is 11.9 Å². The van der Waals surface area contributed by atoms with E-state index in [1.807, 2.05) is 0 Å². The molecule has 0 aromatic heterocycles. The van der Waals surface area contributed by atoms with E-state index in [0.29, 0.717) is 39.0 Å². The molecule has 0 radical (unpaired) electrons. The van der Waals surface area contributed by atoms with E-state index in [-0.39, 0.29) is 13.2 Å². The highest BCUT2D eigenvalue weighted by Gasteiger charge is 2.32. The van der Waals surface area contributed by atoms with Crippen molar-refractivity contribution in [3.8, 4) is 0 Å². The lowest BCUT2D eigenvalue weighted by molar-refractivity contribution is -0.173. The van der Waals surface area contributed by atoms with Crippen molar-refractivity contribution in [2.45, 2.75) is 50.7 Å². The average molecular weight is 407 g/mol. The summed E-state index contributed by atoms with van der Waals surface area (Å²) in [5, 5.41) is 25.7. The fourth-order valence-electron chi connectivity index (χ4n) is 2.21. The highest BCUT2D eigenvalue weighted by molar-refractivity contribution is 5.85. The van der Waals surface area contributed by atoms with E-state index in [0.717, 1.165) is 38.8 Å². The van der Waals surface area contributed by atoms with Crippen molar-refractivity contribution in [1.82, 2.24) is 10.6 Å². The minimum absolute atomic E-state index is 0.0807. The zero-order valence-electron chi connectivity index (χ0n) is 16.7. The maximum absolute atomic E-state index is 11.7. The van der Waals surface area contributed by atoms with Crippen molar-refractivity contribution in [3.63, 3.8) is 0 Å². The number of carbonyl (C=O) groups excluding carboxylic acids is 2. The van der Waals surface area contributed by atoms with E-state index in [2.05, 4.69) is 10.6 Å². The van der Waals surface area contributed by atoms with Gasteiger partial charge in [-0.1, -0.05) is 0 Å². The smallest absolute Gasteiger partial charge is 0.338 e.